The predicted molar refractivity (Wildman–Crippen MR) is 97.0 cm³/mol. The molecule has 124 valence electrons. The van der Waals surface area contributed by atoms with Gasteiger partial charge in [-0.05, 0) is 35.4 Å². The van der Waals surface area contributed by atoms with Gasteiger partial charge in [-0.3, -0.25) is 0 Å². The van der Waals surface area contributed by atoms with Gasteiger partial charge >= 0.3 is 11.9 Å². The Morgan fingerprint density at radius 2 is 1.04 bits per heavy atom. The molecular formula is C18H14Br2O4. The van der Waals surface area contributed by atoms with E-state index in [0.29, 0.717) is 0 Å². The zero-order valence-corrected chi connectivity index (χ0v) is 15.7. The van der Waals surface area contributed by atoms with Crippen LogP contribution in [-0.2, 0) is 32.3 Å². The van der Waals surface area contributed by atoms with Crippen molar-refractivity contribution in [2.24, 2.45) is 0 Å². The molecule has 0 unspecified atom stereocenters. The van der Waals surface area contributed by atoms with Crippen molar-refractivity contribution < 1.29 is 19.1 Å². The molecule has 0 aliphatic heterocycles. The average molecular weight is 454 g/mol. The smallest absolute Gasteiger partial charge is 0.331 e. The molecule has 0 heterocycles. The molecule has 24 heavy (non-hydrogen) atoms. The molecule has 0 fully saturated rings. The highest BCUT2D eigenvalue weighted by Gasteiger charge is 2.03. The third-order valence-electron chi connectivity index (χ3n) is 2.94. The SMILES string of the molecule is O=C(/C=C/C(=O)OCc1ccc(Br)cc1)OCc1ccc(Br)cc1. The first-order valence-corrected chi connectivity index (χ1v) is 8.62. The number of carbonyl (C=O) groups excluding carboxylic acids is 2. The van der Waals surface area contributed by atoms with Gasteiger partial charge in [-0.15, -0.1) is 0 Å². The van der Waals surface area contributed by atoms with Gasteiger partial charge in [0.15, 0.2) is 0 Å². The second-order valence-electron chi connectivity index (χ2n) is 4.80. The molecule has 0 N–H and O–H groups in total. The van der Waals surface area contributed by atoms with Crippen molar-refractivity contribution in [2.45, 2.75) is 13.2 Å². The molecule has 0 aliphatic rings. The van der Waals surface area contributed by atoms with Gasteiger partial charge in [-0.25, -0.2) is 9.59 Å². The normalized spacial score (nSPS) is 10.6. The zero-order chi connectivity index (χ0) is 17.4. The summed E-state index contributed by atoms with van der Waals surface area (Å²) in [5.41, 5.74) is 1.72. The van der Waals surface area contributed by atoms with E-state index in [9.17, 15) is 9.59 Å². The minimum absolute atomic E-state index is 0.143. The van der Waals surface area contributed by atoms with Gasteiger partial charge < -0.3 is 9.47 Å². The highest BCUT2D eigenvalue weighted by Crippen LogP contribution is 2.12. The molecule has 0 saturated heterocycles. The predicted octanol–water partition coefficient (Wildman–Crippen LogP) is 4.55. The van der Waals surface area contributed by atoms with Crippen molar-refractivity contribution in [3.8, 4) is 0 Å². The topological polar surface area (TPSA) is 52.6 Å². The van der Waals surface area contributed by atoms with Crippen LogP contribution in [0.25, 0.3) is 0 Å². The Balaban J connectivity index is 1.73. The van der Waals surface area contributed by atoms with Crippen LogP contribution in [-0.4, -0.2) is 11.9 Å². The lowest BCUT2D eigenvalue weighted by Crippen LogP contribution is -2.04. The molecule has 0 aromatic heterocycles. The lowest BCUT2D eigenvalue weighted by Gasteiger charge is -2.03. The van der Waals surface area contributed by atoms with E-state index >= 15 is 0 Å². The van der Waals surface area contributed by atoms with E-state index in [4.69, 9.17) is 9.47 Å². The molecule has 0 saturated carbocycles. The number of ether oxygens (including phenoxy) is 2. The van der Waals surface area contributed by atoms with E-state index in [1.165, 1.54) is 0 Å². The molecule has 0 spiro atoms. The van der Waals surface area contributed by atoms with Gasteiger partial charge in [0.05, 0.1) is 0 Å². The van der Waals surface area contributed by atoms with Crippen molar-refractivity contribution in [1.29, 1.82) is 0 Å². The van der Waals surface area contributed by atoms with E-state index in [1.807, 2.05) is 48.5 Å². The molecule has 2 aromatic rings. The second-order valence-corrected chi connectivity index (χ2v) is 6.63. The van der Waals surface area contributed by atoms with E-state index in [-0.39, 0.29) is 13.2 Å². The fraction of sp³-hybridized carbons (Fsp3) is 0.111. The number of hydrogen-bond acceptors (Lipinski definition) is 4. The van der Waals surface area contributed by atoms with Crippen LogP contribution in [0.1, 0.15) is 11.1 Å². The first kappa shape index (κ1) is 18.4. The first-order chi connectivity index (χ1) is 11.5. The van der Waals surface area contributed by atoms with Gasteiger partial charge in [0.1, 0.15) is 13.2 Å². The van der Waals surface area contributed by atoms with Gasteiger partial charge in [-0.2, -0.15) is 0 Å². The van der Waals surface area contributed by atoms with Crippen molar-refractivity contribution in [3.63, 3.8) is 0 Å². The van der Waals surface area contributed by atoms with Gasteiger partial charge in [-0.1, -0.05) is 56.1 Å². The van der Waals surface area contributed by atoms with Gasteiger partial charge in [0.25, 0.3) is 0 Å². The highest BCUT2D eigenvalue weighted by atomic mass is 79.9. The van der Waals surface area contributed by atoms with Crippen molar-refractivity contribution >= 4 is 43.8 Å². The van der Waals surface area contributed by atoms with E-state index in [2.05, 4.69) is 31.9 Å². The van der Waals surface area contributed by atoms with Gasteiger partial charge in [0.2, 0.25) is 0 Å². The van der Waals surface area contributed by atoms with Crippen molar-refractivity contribution in [2.75, 3.05) is 0 Å². The second kappa shape index (κ2) is 9.39. The largest absolute Gasteiger partial charge is 0.458 e. The minimum Gasteiger partial charge on any atom is -0.458 e. The molecule has 0 amide bonds. The maximum Gasteiger partial charge on any atom is 0.331 e. The highest BCUT2D eigenvalue weighted by molar-refractivity contribution is 9.10. The molecule has 2 rings (SSSR count). The van der Waals surface area contributed by atoms with Crippen LogP contribution in [0.5, 0.6) is 0 Å². The summed E-state index contributed by atoms with van der Waals surface area (Å²) in [6, 6.07) is 14.8. The van der Waals surface area contributed by atoms with Crippen molar-refractivity contribution in [3.05, 3.63) is 80.8 Å². The number of halogens is 2. The van der Waals surface area contributed by atoms with E-state index < -0.39 is 11.9 Å². The van der Waals surface area contributed by atoms with E-state index in [1.54, 1.807) is 0 Å². The monoisotopic (exact) mass is 452 g/mol. The molecule has 6 heteroatoms. The lowest BCUT2D eigenvalue weighted by molar-refractivity contribution is -0.141. The molecule has 4 nitrogen and oxygen atoms in total. The average Bonchev–Trinajstić information content (AvgIpc) is 2.59. The van der Waals surface area contributed by atoms with Crippen LogP contribution < -0.4 is 0 Å². The summed E-state index contributed by atoms with van der Waals surface area (Å²) in [7, 11) is 0. The third kappa shape index (κ3) is 6.68. The number of carbonyl (C=O) groups is 2. The molecular weight excluding hydrogens is 440 g/mol. The number of hydrogen-bond donors (Lipinski definition) is 0. The van der Waals surface area contributed by atoms with Crippen LogP contribution >= 0.6 is 31.9 Å². The summed E-state index contributed by atoms with van der Waals surface area (Å²) in [4.78, 5) is 23.1. The third-order valence-corrected chi connectivity index (χ3v) is 4.00. The summed E-state index contributed by atoms with van der Waals surface area (Å²) in [5, 5.41) is 0. The summed E-state index contributed by atoms with van der Waals surface area (Å²) in [6.07, 6.45) is 2.12. The number of benzene rings is 2. The van der Waals surface area contributed by atoms with E-state index in [0.717, 1.165) is 32.2 Å². The quantitative estimate of drug-likeness (QED) is 0.475. The van der Waals surface area contributed by atoms with Gasteiger partial charge in [0, 0.05) is 21.1 Å². The molecule has 2 aromatic carbocycles. The maximum atomic E-state index is 11.6. The Hall–Kier alpha value is -1.92. The lowest BCUT2D eigenvalue weighted by atomic mass is 10.2. The number of esters is 2. The Kier molecular flexibility index (Phi) is 7.21. The molecule has 0 bridgehead atoms. The standard InChI is InChI=1S/C18H14Br2O4/c19-15-5-1-13(2-6-15)11-23-17(21)9-10-18(22)24-12-14-3-7-16(20)8-4-14/h1-10H,11-12H2/b10-9+. The zero-order valence-electron chi connectivity index (χ0n) is 12.6. The number of rotatable bonds is 6. The Morgan fingerprint density at radius 3 is 1.38 bits per heavy atom. The van der Waals surface area contributed by atoms with Crippen LogP contribution in [0.2, 0.25) is 0 Å². The Bertz CT molecular complexity index is 658. The summed E-state index contributed by atoms with van der Waals surface area (Å²) in [6.45, 7) is 0.286. The Morgan fingerprint density at radius 1 is 0.708 bits per heavy atom. The van der Waals surface area contributed by atoms with Crippen molar-refractivity contribution in [1.82, 2.24) is 0 Å². The summed E-state index contributed by atoms with van der Waals surface area (Å²) >= 11 is 6.66. The van der Waals surface area contributed by atoms with Crippen LogP contribution in [0.3, 0.4) is 0 Å². The first-order valence-electron chi connectivity index (χ1n) is 7.03. The maximum absolute atomic E-state index is 11.6. The summed E-state index contributed by atoms with van der Waals surface area (Å²) in [5.74, 6) is -1.20. The van der Waals surface area contributed by atoms with Crippen LogP contribution in [0.15, 0.2) is 69.6 Å². The fourth-order valence-electron chi connectivity index (χ4n) is 1.70. The van der Waals surface area contributed by atoms with Crippen LogP contribution in [0, 0.1) is 0 Å². The minimum atomic E-state index is -0.599. The van der Waals surface area contributed by atoms with Crippen LogP contribution in [0.4, 0.5) is 0 Å². The fourth-order valence-corrected chi connectivity index (χ4v) is 2.23. The summed E-state index contributed by atoms with van der Waals surface area (Å²) < 4.78 is 12.0. The molecule has 0 radical (unpaired) electrons. The molecule has 0 atom stereocenters. The molecule has 0 aliphatic carbocycles. The Labute approximate surface area is 156 Å².